The number of ether oxygens (including phenoxy) is 2. The fourth-order valence-electron chi connectivity index (χ4n) is 4.18. The van der Waals surface area contributed by atoms with Gasteiger partial charge in [-0.3, -0.25) is 9.69 Å². The minimum Gasteiger partial charge on any atom is -0.447 e. The predicted octanol–water partition coefficient (Wildman–Crippen LogP) is 1.69. The van der Waals surface area contributed by atoms with Crippen molar-refractivity contribution in [2.24, 2.45) is 7.05 Å². The van der Waals surface area contributed by atoms with Crippen molar-refractivity contribution in [1.82, 2.24) is 19.4 Å². The molecular formula is C20H27N5O4. The number of piperazine rings is 1. The van der Waals surface area contributed by atoms with E-state index in [9.17, 15) is 9.59 Å². The molecule has 1 aromatic heterocycles. The van der Waals surface area contributed by atoms with Crippen molar-refractivity contribution in [1.29, 1.82) is 0 Å². The Kier molecular flexibility index (Phi) is 5.08. The number of fused-ring (bicyclic) bond motifs is 2. The highest BCUT2D eigenvalue weighted by molar-refractivity contribution is 5.98. The molecule has 2 aromatic rings. The van der Waals surface area contributed by atoms with Gasteiger partial charge in [0.05, 0.1) is 23.2 Å². The third-order valence-electron chi connectivity index (χ3n) is 6.00. The van der Waals surface area contributed by atoms with E-state index in [1.54, 1.807) is 12.0 Å². The zero-order valence-electron chi connectivity index (χ0n) is 17.1. The van der Waals surface area contributed by atoms with Gasteiger partial charge in [0.2, 0.25) is 5.95 Å². The molecule has 2 aliphatic rings. The number of nitrogens with one attached hydrogen (secondary N) is 1. The minimum atomic E-state index is -0.418. The summed E-state index contributed by atoms with van der Waals surface area (Å²) in [4.78, 5) is 33.4. The maximum absolute atomic E-state index is 13.2. The average Bonchev–Trinajstić information content (AvgIpc) is 3.24. The molecule has 2 saturated heterocycles. The molecule has 0 radical (unpaired) electrons. The fraction of sp³-hybridized carbons (Fsp3) is 0.550. The summed E-state index contributed by atoms with van der Waals surface area (Å²) < 4.78 is 12.3. The van der Waals surface area contributed by atoms with Crippen LogP contribution in [0, 0.1) is 0 Å². The zero-order valence-corrected chi connectivity index (χ0v) is 17.1. The largest absolute Gasteiger partial charge is 0.447 e. The second-order valence-corrected chi connectivity index (χ2v) is 7.63. The van der Waals surface area contributed by atoms with Crippen molar-refractivity contribution in [3.8, 4) is 0 Å². The third-order valence-corrected chi connectivity index (χ3v) is 6.00. The molecule has 9 nitrogen and oxygen atoms in total. The fourth-order valence-corrected chi connectivity index (χ4v) is 4.18. The van der Waals surface area contributed by atoms with E-state index in [1.807, 2.05) is 41.6 Å². The molecule has 0 aliphatic carbocycles. The molecule has 29 heavy (non-hydrogen) atoms. The SMILES string of the molecule is CCC12COC(=O)N1CCN(C(=O)c1ccc3c(c1)nc(NCCOC)n3C)C2. The molecule has 0 saturated carbocycles. The van der Waals surface area contributed by atoms with Crippen LogP contribution in [0.4, 0.5) is 10.7 Å². The number of aryl methyl sites for hydroxylation is 1. The van der Waals surface area contributed by atoms with Gasteiger partial charge in [-0.15, -0.1) is 0 Å². The van der Waals surface area contributed by atoms with E-state index in [1.165, 1.54) is 0 Å². The summed E-state index contributed by atoms with van der Waals surface area (Å²) in [5.74, 6) is 0.695. The van der Waals surface area contributed by atoms with E-state index < -0.39 is 5.54 Å². The quantitative estimate of drug-likeness (QED) is 0.741. The maximum Gasteiger partial charge on any atom is 0.410 e. The number of nitrogens with zero attached hydrogens (tertiary/aromatic N) is 4. The van der Waals surface area contributed by atoms with E-state index in [0.29, 0.717) is 45.0 Å². The number of cyclic esters (lactones) is 1. The van der Waals surface area contributed by atoms with Gasteiger partial charge >= 0.3 is 6.09 Å². The van der Waals surface area contributed by atoms with E-state index in [-0.39, 0.29) is 12.0 Å². The lowest BCUT2D eigenvalue weighted by Crippen LogP contribution is -2.62. The number of hydrogen-bond acceptors (Lipinski definition) is 6. The molecule has 1 unspecified atom stereocenters. The molecule has 4 rings (SSSR count). The second kappa shape index (κ2) is 7.55. The zero-order chi connectivity index (χ0) is 20.6. The van der Waals surface area contributed by atoms with Crippen molar-refractivity contribution >= 4 is 29.0 Å². The van der Waals surface area contributed by atoms with Crippen LogP contribution in [0.1, 0.15) is 23.7 Å². The molecule has 2 amide bonds. The first-order valence-corrected chi connectivity index (χ1v) is 9.92. The molecule has 1 N–H and O–H groups in total. The standard InChI is InChI=1S/C20H27N5O4/c1-4-20-12-24(8-9-25(20)19(27)29-13-20)17(26)14-5-6-16-15(11-14)22-18(23(16)2)21-7-10-28-3/h5-6,11H,4,7-10,12-13H2,1-3H3,(H,21,22). The number of anilines is 1. The molecule has 1 aromatic carbocycles. The number of aromatic nitrogens is 2. The Balaban J connectivity index is 1.55. The number of carbonyl (C=O) groups is 2. The van der Waals surface area contributed by atoms with Gasteiger partial charge in [0.15, 0.2) is 0 Å². The highest BCUT2D eigenvalue weighted by Crippen LogP contribution is 2.32. The summed E-state index contributed by atoms with van der Waals surface area (Å²) in [6.07, 6.45) is 0.473. The van der Waals surface area contributed by atoms with Crippen molar-refractivity contribution in [3.63, 3.8) is 0 Å². The van der Waals surface area contributed by atoms with E-state index >= 15 is 0 Å². The normalized spacial score (nSPS) is 21.4. The topological polar surface area (TPSA) is 88.9 Å². The first kappa shape index (κ1) is 19.5. The monoisotopic (exact) mass is 401 g/mol. The van der Waals surface area contributed by atoms with Crippen LogP contribution >= 0.6 is 0 Å². The van der Waals surface area contributed by atoms with Crippen molar-refractivity contribution < 1.29 is 19.1 Å². The highest BCUT2D eigenvalue weighted by atomic mass is 16.6. The van der Waals surface area contributed by atoms with Crippen LogP contribution in [-0.4, -0.2) is 83.4 Å². The lowest BCUT2D eigenvalue weighted by atomic mass is 9.92. The van der Waals surface area contributed by atoms with Gasteiger partial charge in [-0.1, -0.05) is 6.92 Å². The Hall–Kier alpha value is -2.81. The Morgan fingerprint density at radius 1 is 1.38 bits per heavy atom. The molecule has 0 spiro atoms. The number of hydrogen-bond donors (Lipinski definition) is 1. The molecular weight excluding hydrogens is 374 g/mol. The lowest BCUT2D eigenvalue weighted by Gasteiger charge is -2.44. The van der Waals surface area contributed by atoms with Gasteiger partial charge in [0.1, 0.15) is 6.61 Å². The van der Waals surface area contributed by atoms with Crippen LogP contribution in [-0.2, 0) is 16.5 Å². The number of benzene rings is 1. The average molecular weight is 401 g/mol. The van der Waals surface area contributed by atoms with Gasteiger partial charge in [0.25, 0.3) is 5.91 Å². The Morgan fingerprint density at radius 2 is 2.21 bits per heavy atom. The summed E-state index contributed by atoms with van der Waals surface area (Å²) in [6.45, 7) is 5.09. The van der Waals surface area contributed by atoms with E-state index in [2.05, 4.69) is 10.3 Å². The number of carbonyl (C=O) groups excluding carboxylic acids is 2. The van der Waals surface area contributed by atoms with Gasteiger partial charge in [-0.05, 0) is 24.6 Å². The summed E-state index contributed by atoms with van der Waals surface area (Å²) in [7, 11) is 3.60. The Morgan fingerprint density at radius 3 is 2.97 bits per heavy atom. The molecule has 2 fully saturated rings. The maximum atomic E-state index is 13.2. The number of imidazole rings is 1. The summed E-state index contributed by atoms with van der Waals surface area (Å²) >= 11 is 0. The van der Waals surface area contributed by atoms with Crippen LogP contribution in [0.2, 0.25) is 0 Å². The first-order valence-electron chi connectivity index (χ1n) is 9.92. The predicted molar refractivity (Wildman–Crippen MR) is 108 cm³/mol. The first-order chi connectivity index (χ1) is 14.0. The van der Waals surface area contributed by atoms with Crippen LogP contribution in [0.3, 0.4) is 0 Å². The Bertz CT molecular complexity index is 942. The van der Waals surface area contributed by atoms with Gasteiger partial charge < -0.3 is 24.3 Å². The molecule has 9 heteroatoms. The molecule has 156 valence electrons. The molecule has 1 atom stereocenters. The van der Waals surface area contributed by atoms with Crippen LogP contribution < -0.4 is 5.32 Å². The smallest absolute Gasteiger partial charge is 0.410 e. The number of methoxy groups -OCH3 is 1. The second-order valence-electron chi connectivity index (χ2n) is 7.63. The number of amides is 2. The van der Waals surface area contributed by atoms with Gasteiger partial charge in [-0.25, -0.2) is 9.78 Å². The van der Waals surface area contributed by atoms with Crippen LogP contribution in [0.15, 0.2) is 18.2 Å². The van der Waals surface area contributed by atoms with Crippen molar-refractivity contribution in [2.75, 3.05) is 51.8 Å². The summed E-state index contributed by atoms with van der Waals surface area (Å²) in [5, 5.41) is 3.24. The van der Waals surface area contributed by atoms with Gasteiger partial charge in [-0.2, -0.15) is 0 Å². The third kappa shape index (κ3) is 3.29. The molecule has 2 aliphatic heterocycles. The summed E-state index contributed by atoms with van der Waals surface area (Å²) in [6, 6.07) is 5.60. The molecule has 3 heterocycles. The van der Waals surface area contributed by atoms with Crippen molar-refractivity contribution in [3.05, 3.63) is 23.8 Å². The van der Waals surface area contributed by atoms with E-state index in [0.717, 1.165) is 23.4 Å². The van der Waals surface area contributed by atoms with Crippen LogP contribution in [0.25, 0.3) is 11.0 Å². The van der Waals surface area contributed by atoms with Crippen LogP contribution in [0.5, 0.6) is 0 Å². The Labute approximate surface area is 169 Å². The minimum absolute atomic E-state index is 0.0433. The summed E-state index contributed by atoms with van der Waals surface area (Å²) in [5.41, 5.74) is 1.90. The molecule has 0 bridgehead atoms. The highest BCUT2D eigenvalue weighted by Gasteiger charge is 2.50. The lowest BCUT2D eigenvalue weighted by molar-refractivity contribution is 0.0362. The van der Waals surface area contributed by atoms with Crippen molar-refractivity contribution in [2.45, 2.75) is 18.9 Å². The van der Waals surface area contributed by atoms with E-state index in [4.69, 9.17) is 9.47 Å². The van der Waals surface area contributed by atoms with Gasteiger partial charge in [0, 0.05) is 45.9 Å². The number of rotatable bonds is 6.